The largest absolute Gasteiger partial charge is 0.549 e. The van der Waals surface area contributed by atoms with E-state index in [-0.39, 0.29) is 0 Å². The number of carboxylic acid groups (broad SMARTS) is 2. The van der Waals surface area contributed by atoms with Crippen LogP contribution in [0.4, 0.5) is 0 Å². The van der Waals surface area contributed by atoms with Crippen molar-refractivity contribution in [1.82, 2.24) is 0 Å². The van der Waals surface area contributed by atoms with Crippen molar-refractivity contribution in [2.24, 2.45) is 0 Å². The van der Waals surface area contributed by atoms with E-state index in [1.807, 2.05) is 0 Å². The average molecular weight is 176 g/mol. The lowest BCUT2D eigenvalue weighted by atomic mass is 10.5. The summed E-state index contributed by atoms with van der Waals surface area (Å²) in [4.78, 5) is 20.2. The smallest absolute Gasteiger partial charge is 0.0542 e. The molecule has 0 heterocycles. The molecule has 0 bridgehead atoms. The van der Waals surface area contributed by atoms with Gasteiger partial charge in [0.15, 0.2) is 0 Å². The van der Waals surface area contributed by atoms with Gasteiger partial charge < -0.3 is 19.8 Å². The monoisotopic (exact) mass is 176 g/mol. The second kappa shape index (κ2) is 4.23. The zero-order chi connectivity index (χ0) is 9.02. The third kappa shape index (κ3) is 3.87. The molecule has 0 saturated heterocycles. The number of hydrogen-bond acceptors (Lipinski definition) is 5. The van der Waals surface area contributed by atoms with E-state index in [4.69, 9.17) is 0 Å². The van der Waals surface area contributed by atoms with Crippen LogP contribution >= 0.6 is 11.8 Å². The fraction of sp³-hybridized carbons (Fsp3) is 0.667. The van der Waals surface area contributed by atoms with Crippen LogP contribution in [0.3, 0.4) is 0 Å². The molecule has 0 rings (SSSR count). The first-order chi connectivity index (χ1) is 4.95. The normalized spacial score (nSPS) is 15.5. The van der Waals surface area contributed by atoms with Crippen molar-refractivity contribution in [3.63, 3.8) is 0 Å². The molecule has 0 N–H and O–H groups in total. The van der Waals surface area contributed by atoms with Crippen molar-refractivity contribution >= 4 is 23.7 Å². The van der Waals surface area contributed by atoms with Crippen molar-refractivity contribution in [2.75, 3.05) is 0 Å². The molecule has 2 atom stereocenters. The van der Waals surface area contributed by atoms with Crippen molar-refractivity contribution in [2.45, 2.75) is 24.3 Å². The zero-order valence-corrected chi connectivity index (χ0v) is 7.01. The van der Waals surface area contributed by atoms with Crippen LogP contribution in [0, 0.1) is 0 Å². The van der Waals surface area contributed by atoms with E-state index in [1.54, 1.807) is 0 Å². The molecule has 0 aromatic carbocycles. The number of hydrogen-bond donors (Lipinski definition) is 0. The van der Waals surface area contributed by atoms with Gasteiger partial charge in [-0.1, -0.05) is 0 Å². The topological polar surface area (TPSA) is 80.3 Å². The first-order valence-corrected chi connectivity index (χ1v) is 3.96. The molecule has 0 saturated carbocycles. The lowest BCUT2D eigenvalue weighted by molar-refractivity contribution is -0.304. The van der Waals surface area contributed by atoms with E-state index in [1.165, 1.54) is 13.8 Å². The first-order valence-electron chi connectivity index (χ1n) is 3.02. The van der Waals surface area contributed by atoms with Crippen LogP contribution < -0.4 is 10.2 Å². The summed E-state index contributed by atoms with van der Waals surface area (Å²) in [6, 6.07) is 0. The van der Waals surface area contributed by atoms with Crippen molar-refractivity contribution in [3.05, 3.63) is 0 Å². The molecule has 0 aliphatic heterocycles. The number of thioether (sulfide) groups is 1. The van der Waals surface area contributed by atoms with Gasteiger partial charge in [-0.05, 0) is 13.8 Å². The van der Waals surface area contributed by atoms with Gasteiger partial charge in [-0.25, -0.2) is 0 Å². The lowest BCUT2D eigenvalue weighted by Crippen LogP contribution is -2.37. The summed E-state index contributed by atoms with van der Waals surface area (Å²) in [5, 5.41) is 18.6. The van der Waals surface area contributed by atoms with E-state index in [0.717, 1.165) is 11.8 Å². The maximum atomic E-state index is 10.1. The highest BCUT2D eigenvalue weighted by Gasteiger charge is 2.09. The number of carbonyl (C=O) groups is 2. The number of carboxylic acids is 2. The molecular formula is C6H8O4S-2. The Hall–Kier alpha value is -0.710. The molecule has 0 aliphatic carbocycles. The van der Waals surface area contributed by atoms with Crippen LogP contribution in [0.1, 0.15) is 13.8 Å². The molecule has 2 unspecified atom stereocenters. The van der Waals surface area contributed by atoms with E-state index < -0.39 is 22.4 Å². The summed E-state index contributed by atoms with van der Waals surface area (Å²) in [6.45, 7) is 2.75. The van der Waals surface area contributed by atoms with Gasteiger partial charge in [0, 0.05) is 10.5 Å². The predicted octanol–water partition coefficient (Wildman–Crippen LogP) is -2.00. The molecule has 0 spiro atoms. The Labute approximate surface area is 68.6 Å². The predicted molar refractivity (Wildman–Crippen MR) is 36.5 cm³/mol. The van der Waals surface area contributed by atoms with Crippen molar-refractivity contribution in [1.29, 1.82) is 0 Å². The standard InChI is InChI=1S/C6H10O4S/c1-3(5(7)8)11-4(2)6(9)10/h3-4H,1-2H3,(H,7,8)(H,9,10)/p-2. The van der Waals surface area contributed by atoms with Crippen LogP contribution in [-0.4, -0.2) is 22.4 Å². The number of aliphatic carboxylic acids is 2. The van der Waals surface area contributed by atoms with E-state index in [0.29, 0.717) is 0 Å². The van der Waals surface area contributed by atoms with Crippen molar-refractivity contribution < 1.29 is 19.8 Å². The Morgan fingerprint density at radius 3 is 1.55 bits per heavy atom. The number of carbonyl (C=O) groups excluding carboxylic acids is 2. The van der Waals surface area contributed by atoms with Crippen LogP contribution in [0.15, 0.2) is 0 Å². The quantitative estimate of drug-likeness (QED) is 0.494. The highest BCUT2D eigenvalue weighted by Crippen LogP contribution is 2.15. The SMILES string of the molecule is CC(SC(C)C(=O)[O-])C(=O)[O-]. The summed E-state index contributed by atoms with van der Waals surface area (Å²) in [5.74, 6) is -2.52. The van der Waals surface area contributed by atoms with Gasteiger partial charge >= 0.3 is 0 Å². The Morgan fingerprint density at radius 2 is 1.36 bits per heavy atom. The molecule has 0 aromatic heterocycles. The minimum atomic E-state index is -1.26. The molecule has 4 nitrogen and oxygen atoms in total. The number of rotatable bonds is 4. The fourth-order valence-electron chi connectivity index (χ4n) is 0.417. The second-order valence-corrected chi connectivity index (χ2v) is 3.74. The maximum absolute atomic E-state index is 10.1. The van der Waals surface area contributed by atoms with Crippen LogP contribution in [0.25, 0.3) is 0 Å². The van der Waals surface area contributed by atoms with Crippen molar-refractivity contribution in [3.8, 4) is 0 Å². The van der Waals surface area contributed by atoms with Gasteiger partial charge in [0.2, 0.25) is 0 Å². The Morgan fingerprint density at radius 1 is 1.09 bits per heavy atom. The lowest BCUT2D eigenvalue weighted by Gasteiger charge is -2.17. The second-order valence-electron chi connectivity index (χ2n) is 2.06. The molecule has 0 amide bonds. The molecule has 11 heavy (non-hydrogen) atoms. The third-order valence-electron chi connectivity index (χ3n) is 1.07. The Balaban J connectivity index is 3.84. The van der Waals surface area contributed by atoms with E-state index in [2.05, 4.69) is 0 Å². The van der Waals surface area contributed by atoms with Gasteiger partial charge in [0.05, 0.1) is 11.9 Å². The van der Waals surface area contributed by atoms with Crippen LogP contribution in [-0.2, 0) is 9.59 Å². The Bertz CT molecular complexity index is 150. The molecule has 5 heteroatoms. The third-order valence-corrected chi connectivity index (χ3v) is 2.27. The first kappa shape index (κ1) is 10.3. The minimum absolute atomic E-state index is 0.792. The van der Waals surface area contributed by atoms with Gasteiger partial charge in [-0.15, -0.1) is 11.8 Å². The molecule has 0 fully saturated rings. The molecular weight excluding hydrogens is 168 g/mol. The zero-order valence-electron chi connectivity index (χ0n) is 6.20. The van der Waals surface area contributed by atoms with E-state index in [9.17, 15) is 19.8 Å². The van der Waals surface area contributed by atoms with Gasteiger partial charge in [0.25, 0.3) is 0 Å². The summed E-state index contributed by atoms with van der Waals surface area (Å²) in [6.07, 6.45) is 0. The van der Waals surface area contributed by atoms with Gasteiger partial charge in [0.1, 0.15) is 0 Å². The Kier molecular flexibility index (Phi) is 3.95. The van der Waals surface area contributed by atoms with E-state index >= 15 is 0 Å². The molecule has 64 valence electrons. The highest BCUT2D eigenvalue weighted by atomic mass is 32.2. The molecule has 0 radical (unpaired) electrons. The minimum Gasteiger partial charge on any atom is -0.549 e. The maximum Gasteiger partial charge on any atom is 0.0542 e. The van der Waals surface area contributed by atoms with Gasteiger partial charge in [-0.3, -0.25) is 0 Å². The average Bonchev–Trinajstić information content (AvgIpc) is 1.87. The summed E-state index contributed by atoms with van der Waals surface area (Å²) >= 11 is 0.792. The van der Waals surface area contributed by atoms with Crippen LogP contribution in [0.5, 0.6) is 0 Å². The molecule has 0 aliphatic rings. The summed E-state index contributed by atoms with van der Waals surface area (Å²) in [5.41, 5.74) is 0. The highest BCUT2D eigenvalue weighted by molar-refractivity contribution is 8.01. The summed E-state index contributed by atoms with van der Waals surface area (Å²) in [7, 11) is 0. The van der Waals surface area contributed by atoms with Crippen LogP contribution in [0.2, 0.25) is 0 Å². The van der Waals surface area contributed by atoms with Gasteiger partial charge in [-0.2, -0.15) is 0 Å². The summed E-state index contributed by atoms with van der Waals surface area (Å²) < 4.78 is 0. The fourth-order valence-corrected chi connectivity index (χ4v) is 1.25. The molecule has 0 aromatic rings.